The molecule has 0 saturated carbocycles. The van der Waals surface area contributed by atoms with Crippen LogP contribution in [0.5, 0.6) is 0 Å². The van der Waals surface area contributed by atoms with E-state index >= 15 is 0 Å². The minimum absolute atomic E-state index is 0.118. The Balaban J connectivity index is 3.52. The quantitative estimate of drug-likeness (QED) is 0.707. The van der Waals surface area contributed by atoms with Gasteiger partial charge in [0.05, 0.1) is 0 Å². The van der Waals surface area contributed by atoms with Crippen LogP contribution in [0.3, 0.4) is 0 Å². The molecule has 0 spiro atoms. The van der Waals surface area contributed by atoms with Crippen LogP contribution in [0, 0.1) is 13.8 Å². The average molecular weight is 193 g/mol. The van der Waals surface area contributed by atoms with Crippen molar-refractivity contribution in [3.8, 4) is 0 Å². The van der Waals surface area contributed by atoms with E-state index in [1.807, 2.05) is 25.3 Å². The molecule has 0 atom stereocenters. The lowest BCUT2D eigenvalue weighted by atomic mass is 9.97. The van der Waals surface area contributed by atoms with Gasteiger partial charge in [-0.15, -0.1) is 0 Å². The van der Waals surface area contributed by atoms with Crippen LogP contribution in [0.25, 0.3) is 0 Å². The zero-order valence-corrected chi connectivity index (χ0v) is 9.72. The lowest BCUT2D eigenvalue weighted by Gasteiger charge is -2.17. The third-order valence-corrected chi connectivity index (χ3v) is 2.72. The Bertz CT molecular complexity index is 388. The Kier molecular flexibility index (Phi) is 3.14. The number of hydrogen-bond donors (Lipinski definition) is 0. The van der Waals surface area contributed by atoms with Gasteiger partial charge in [-0.05, 0) is 37.8 Å². The fraction of sp³-hybridized carbons (Fsp3) is 0.583. The lowest BCUT2D eigenvalue weighted by molar-refractivity contribution is 0.673. The first-order valence-corrected chi connectivity index (χ1v) is 5.20. The number of pyridine rings is 1. The molecule has 1 aromatic heterocycles. The Hall–Kier alpha value is -1.05. The van der Waals surface area contributed by atoms with Crippen molar-refractivity contribution >= 4 is 0 Å². The summed E-state index contributed by atoms with van der Waals surface area (Å²) in [5.41, 5.74) is 3.66. The minimum atomic E-state index is 0.118. The highest BCUT2D eigenvalue weighted by atomic mass is 16.1. The first kappa shape index (κ1) is 11.0. The fourth-order valence-corrected chi connectivity index (χ4v) is 2.20. The molecule has 0 amide bonds. The number of rotatable bonds is 2. The van der Waals surface area contributed by atoms with Crippen LogP contribution >= 0.6 is 0 Å². The van der Waals surface area contributed by atoms with E-state index in [-0.39, 0.29) is 5.56 Å². The molecule has 2 nitrogen and oxygen atoms in total. The lowest BCUT2D eigenvalue weighted by Crippen LogP contribution is -2.23. The third kappa shape index (κ3) is 1.74. The van der Waals surface area contributed by atoms with Gasteiger partial charge in [-0.3, -0.25) is 4.79 Å². The van der Waals surface area contributed by atoms with Crippen LogP contribution in [-0.2, 0) is 6.54 Å². The molecule has 0 fully saturated rings. The second kappa shape index (κ2) is 3.99. The maximum atomic E-state index is 11.6. The largest absolute Gasteiger partial charge is 0.313 e. The molecule has 0 bridgehead atoms. The summed E-state index contributed by atoms with van der Waals surface area (Å²) in [4.78, 5) is 11.6. The van der Waals surface area contributed by atoms with Gasteiger partial charge in [0.1, 0.15) is 0 Å². The maximum Gasteiger partial charge on any atom is 0.250 e. The van der Waals surface area contributed by atoms with Crippen LogP contribution in [0.1, 0.15) is 43.5 Å². The Morgan fingerprint density at radius 2 is 1.93 bits per heavy atom. The molecule has 2 heteroatoms. The molecule has 0 aliphatic heterocycles. The first-order chi connectivity index (χ1) is 6.49. The molecule has 78 valence electrons. The van der Waals surface area contributed by atoms with Crippen LogP contribution < -0.4 is 5.56 Å². The van der Waals surface area contributed by atoms with Crippen molar-refractivity contribution in [2.75, 3.05) is 0 Å². The van der Waals surface area contributed by atoms with E-state index in [2.05, 4.69) is 13.8 Å². The molecule has 0 saturated heterocycles. The molecule has 14 heavy (non-hydrogen) atoms. The maximum absolute atomic E-state index is 11.6. The van der Waals surface area contributed by atoms with Crippen LogP contribution in [0.4, 0.5) is 0 Å². The van der Waals surface area contributed by atoms with Crippen molar-refractivity contribution in [1.82, 2.24) is 4.57 Å². The summed E-state index contributed by atoms with van der Waals surface area (Å²) >= 11 is 0. The van der Waals surface area contributed by atoms with Gasteiger partial charge in [0, 0.05) is 18.3 Å². The van der Waals surface area contributed by atoms with Crippen molar-refractivity contribution in [3.63, 3.8) is 0 Å². The minimum Gasteiger partial charge on any atom is -0.313 e. The average Bonchev–Trinajstić information content (AvgIpc) is 2.02. The summed E-state index contributed by atoms with van der Waals surface area (Å²) in [6.45, 7) is 11.1. The zero-order chi connectivity index (χ0) is 10.9. The van der Waals surface area contributed by atoms with Gasteiger partial charge in [-0.25, -0.2) is 0 Å². The molecule has 0 aliphatic carbocycles. The van der Waals surface area contributed by atoms with Gasteiger partial charge in [-0.1, -0.05) is 13.8 Å². The molecular weight excluding hydrogens is 174 g/mol. The van der Waals surface area contributed by atoms with E-state index in [0.717, 1.165) is 17.8 Å². The van der Waals surface area contributed by atoms with Gasteiger partial charge < -0.3 is 4.57 Å². The predicted octanol–water partition coefficient (Wildman–Crippen LogP) is 2.61. The molecule has 1 heterocycles. The highest BCUT2D eigenvalue weighted by molar-refractivity contribution is 5.31. The monoisotopic (exact) mass is 193 g/mol. The number of aromatic nitrogens is 1. The van der Waals surface area contributed by atoms with Gasteiger partial charge in [0.2, 0.25) is 0 Å². The van der Waals surface area contributed by atoms with Crippen LogP contribution in [0.15, 0.2) is 10.9 Å². The van der Waals surface area contributed by atoms with Crippen molar-refractivity contribution in [2.24, 2.45) is 0 Å². The SMILES string of the molecule is CCn1c(C)c(C(C)C)c(C)cc1=O. The molecule has 1 aromatic rings. The normalized spacial score (nSPS) is 11.0. The highest BCUT2D eigenvalue weighted by Gasteiger charge is 2.11. The summed E-state index contributed by atoms with van der Waals surface area (Å²) in [6, 6.07) is 1.74. The summed E-state index contributed by atoms with van der Waals surface area (Å²) in [5, 5.41) is 0. The predicted molar refractivity (Wildman–Crippen MR) is 59.9 cm³/mol. The van der Waals surface area contributed by atoms with Gasteiger partial charge in [-0.2, -0.15) is 0 Å². The molecular formula is C12H19NO. The number of nitrogens with zero attached hydrogens (tertiary/aromatic N) is 1. The number of aryl methyl sites for hydroxylation is 1. The summed E-state index contributed by atoms with van der Waals surface area (Å²) in [5.74, 6) is 0.480. The topological polar surface area (TPSA) is 22.0 Å². The molecule has 0 aromatic carbocycles. The standard InChI is InChI=1S/C12H19NO/c1-6-13-10(5)12(8(2)3)9(4)7-11(13)14/h7-8H,6H2,1-5H3. The Morgan fingerprint density at radius 3 is 2.36 bits per heavy atom. The Morgan fingerprint density at radius 1 is 1.36 bits per heavy atom. The van der Waals surface area contributed by atoms with Gasteiger partial charge in [0.25, 0.3) is 5.56 Å². The molecule has 1 rings (SSSR count). The van der Waals surface area contributed by atoms with Crippen molar-refractivity contribution in [1.29, 1.82) is 0 Å². The molecule has 0 aliphatic rings. The van der Waals surface area contributed by atoms with E-state index < -0.39 is 0 Å². The van der Waals surface area contributed by atoms with Gasteiger partial charge >= 0.3 is 0 Å². The third-order valence-electron chi connectivity index (χ3n) is 2.72. The molecule has 0 N–H and O–H groups in total. The number of hydrogen-bond acceptors (Lipinski definition) is 1. The van der Waals surface area contributed by atoms with Crippen LogP contribution in [-0.4, -0.2) is 4.57 Å². The second-order valence-corrected chi connectivity index (χ2v) is 4.06. The molecule has 0 radical (unpaired) electrons. The van der Waals surface area contributed by atoms with E-state index in [9.17, 15) is 4.79 Å². The summed E-state index contributed by atoms with van der Waals surface area (Å²) in [6.07, 6.45) is 0. The van der Waals surface area contributed by atoms with E-state index in [4.69, 9.17) is 0 Å². The summed E-state index contributed by atoms with van der Waals surface area (Å²) in [7, 11) is 0. The van der Waals surface area contributed by atoms with E-state index in [1.54, 1.807) is 6.07 Å². The van der Waals surface area contributed by atoms with E-state index in [1.165, 1.54) is 5.56 Å². The van der Waals surface area contributed by atoms with E-state index in [0.29, 0.717) is 5.92 Å². The van der Waals surface area contributed by atoms with Crippen molar-refractivity contribution in [3.05, 3.63) is 33.2 Å². The molecule has 0 unspecified atom stereocenters. The van der Waals surface area contributed by atoms with Crippen molar-refractivity contribution in [2.45, 2.75) is 47.1 Å². The summed E-state index contributed by atoms with van der Waals surface area (Å²) < 4.78 is 1.84. The van der Waals surface area contributed by atoms with Crippen molar-refractivity contribution < 1.29 is 0 Å². The van der Waals surface area contributed by atoms with Gasteiger partial charge in [0.15, 0.2) is 0 Å². The van der Waals surface area contributed by atoms with Crippen LogP contribution in [0.2, 0.25) is 0 Å². The first-order valence-electron chi connectivity index (χ1n) is 5.20. The second-order valence-electron chi connectivity index (χ2n) is 4.06. The Labute approximate surface area is 85.6 Å². The smallest absolute Gasteiger partial charge is 0.250 e. The fourth-order valence-electron chi connectivity index (χ4n) is 2.20. The highest BCUT2D eigenvalue weighted by Crippen LogP contribution is 2.21. The zero-order valence-electron chi connectivity index (χ0n) is 9.72.